The predicted octanol–water partition coefficient (Wildman–Crippen LogP) is 6.48. The Bertz CT molecular complexity index is 1680. The summed E-state index contributed by atoms with van der Waals surface area (Å²) in [7, 11) is -4.20. The third kappa shape index (κ3) is 6.83. The molecule has 1 amide bonds. The Labute approximate surface area is 235 Å². The highest BCUT2D eigenvalue weighted by molar-refractivity contribution is 7.87. The first-order chi connectivity index (χ1) is 18.7. The first-order valence-corrected chi connectivity index (χ1v) is 14.3. The van der Waals surface area contributed by atoms with E-state index >= 15 is 0 Å². The van der Waals surface area contributed by atoms with E-state index in [0.717, 1.165) is 11.1 Å². The zero-order valence-corrected chi connectivity index (χ0v) is 23.2. The van der Waals surface area contributed by atoms with Crippen molar-refractivity contribution in [1.29, 1.82) is 5.26 Å². The quantitative estimate of drug-likeness (QED) is 0.137. The lowest BCUT2D eigenvalue weighted by atomic mass is 10.1. The van der Waals surface area contributed by atoms with E-state index in [1.165, 1.54) is 41.7 Å². The molecule has 0 saturated carbocycles. The third-order valence-corrected chi connectivity index (χ3v) is 7.58. The zero-order chi connectivity index (χ0) is 28.0. The molecule has 4 aromatic rings. The number of ether oxygens (including phenoxy) is 1. The van der Waals surface area contributed by atoms with Gasteiger partial charge in [0, 0.05) is 10.9 Å². The van der Waals surface area contributed by atoms with Gasteiger partial charge < -0.3 is 8.92 Å². The number of benzene rings is 3. The van der Waals surface area contributed by atoms with Crippen LogP contribution in [-0.2, 0) is 14.9 Å². The summed E-state index contributed by atoms with van der Waals surface area (Å²) in [5, 5.41) is 14.3. The molecule has 3 aromatic carbocycles. The molecule has 1 aromatic heterocycles. The summed E-state index contributed by atoms with van der Waals surface area (Å²) in [4.78, 5) is 17.2. The predicted molar refractivity (Wildman–Crippen MR) is 151 cm³/mol. The number of hydrogen-bond donors (Lipinski definition) is 1. The van der Waals surface area contributed by atoms with Crippen LogP contribution < -0.4 is 14.2 Å². The number of carbonyl (C=O) groups is 1. The summed E-state index contributed by atoms with van der Waals surface area (Å²) in [5.41, 5.74) is 2.60. The van der Waals surface area contributed by atoms with Crippen LogP contribution in [0.4, 0.5) is 5.13 Å². The normalized spacial score (nSPS) is 11.5. The highest BCUT2D eigenvalue weighted by Gasteiger charge is 2.23. The first-order valence-electron chi connectivity index (χ1n) is 11.6. The molecule has 0 aliphatic carbocycles. The molecule has 0 unspecified atom stereocenters. The molecule has 0 aliphatic heterocycles. The maximum atomic E-state index is 12.8. The molecule has 8 nitrogen and oxygen atoms in total. The number of rotatable bonds is 9. The number of anilines is 1. The van der Waals surface area contributed by atoms with E-state index in [1.807, 2.05) is 43.3 Å². The maximum Gasteiger partial charge on any atom is 0.339 e. The highest BCUT2D eigenvalue weighted by Crippen LogP contribution is 2.39. The number of nitrogens with one attached hydrogen (secondary N) is 1. The van der Waals surface area contributed by atoms with Gasteiger partial charge in [-0.3, -0.25) is 10.1 Å². The van der Waals surface area contributed by atoms with Crippen LogP contribution in [0.25, 0.3) is 17.3 Å². The molecule has 1 heterocycles. The molecule has 4 rings (SSSR count). The fourth-order valence-corrected chi connectivity index (χ4v) is 5.41. The second-order valence-corrected chi connectivity index (χ2v) is 11.0. The van der Waals surface area contributed by atoms with Crippen molar-refractivity contribution in [3.63, 3.8) is 0 Å². The molecular weight excluding hydrogens is 558 g/mol. The molecule has 11 heteroatoms. The van der Waals surface area contributed by atoms with Crippen molar-refractivity contribution in [2.75, 3.05) is 11.9 Å². The van der Waals surface area contributed by atoms with Crippen LogP contribution in [0.15, 0.2) is 82.6 Å². The number of carbonyl (C=O) groups excluding carboxylic acids is 1. The van der Waals surface area contributed by atoms with E-state index < -0.39 is 16.0 Å². The summed E-state index contributed by atoms with van der Waals surface area (Å²) in [6.45, 7) is 3.73. The van der Waals surface area contributed by atoms with E-state index in [4.69, 9.17) is 20.5 Å². The number of aromatic nitrogens is 1. The van der Waals surface area contributed by atoms with Gasteiger partial charge in [-0.15, -0.1) is 11.3 Å². The molecule has 0 saturated heterocycles. The Balaban J connectivity index is 1.59. The van der Waals surface area contributed by atoms with Crippen LogP contribution >= 0.6 is 22.9 Å². The second kappa shape index (κ2) is 12.1. The van der Waals surface area contributed by atoms with Crippen molar-refractivity contribution < 1.29 is 22.1 Å². The number of nitriles is 1. The van der Waals surface area contributed by atoms with Crippen molar-refractivity contribution in [1.82, 2.24) is 4.98 Å². The maximum absolute atomic E-state index is 12.8. The lowest BCUT2D eigenvalue weighted by Crippen LogP contribution is -2.13. The van der Waals surface area contributed by atoms with Gasteiger partial charge in [0.05, 0.1) is 17.3 Å². The standard InChI is InChI=1S/C28H22ClN3O5S2/c1-3-36-25-15-19(14-23(29)26(25)37-39(34,35)22-11-9-18(2)10-12-22)13-21(16-30)27(33)32-28-31-24(17-38-28)20-7-5-4-6-8-20/h4-15,17H,3H2,1-2H3,(H,31,32,33)/b21-13-. The topological polar surface area (TPSA) is 118 Å². The van der Waals surface area contributed by atoms with Crippen LogP contribution in [0.2, 0.25) is 5.02 Å². The molecule has 0 radical (unpaired) electrons. The molecule has 0 aliphatic rings. The number of amides is 1. The number of nitrogens with zero attached hydrogens (tertiary/aromatic N) is 2. The summed E-state index contributed by atoms with van der Waals surface area (Å²) in [6, 6.07) is 20.3. The molecule has 1 N–H and O–H groups in total. The lowest BCUT2D eigenvalue weighted by Gasteiger charge is -2.14. The SMILES string of the molecule is CCOc1cc(/C=C(/C#N)C(=O)Nc2nc(-c3ccccc3)cs2)cc(Cl)c1OS(=O)(=O)c1ccc(C)cc1. The van der Waals surface area contributed by atoms with E-state index in [-0.39, 0.29) is 33.6 Å². The van der Waals surface area contributed by atoms with Crippen molar-refractivity contribution in [3.05, 3.63) is 93.8 Å². The molecule has 0 bridgehead atoms. The minimum Gasteiger partial charge on any atom is -0.490 e. The van der Waals surface area contributed by atoms with Gasteiger partial charge in [0.2, 0.25) is 5.75 Å². The van der Waals surface area contributed by atoms with Gasteiger partial charge in [-0.25, -0.2) is 4.98 Å². The molecule has 0 fully saturated rings. The van der Waals surface area contributed by atoms with Crippen LogP contribution in [0, 0.1) is 18.3 Å². The van der Waals surface area contributed by atoms with Crippen molar-refractivity contribution in [2.24, 2.45) is 0 Å². The van der Waals surface area contributed by atoms with E-state index in [0.29, 0.717) is 16.4 Å². The molecule has 39 heavy (non-hydrogen) atoms. The van der Waals surface area contributed by atoms with Crippen LogP contribution in [0.1, 0.15) is 18.1 Å². The summed E-state index contributed by atoms with van der Waals surface area (Å²) in [5.74, 6) is -0.824. The van der Waals surface area contributed by atoms with Gasteiger partial charge in [0.25, 0.3) is 5.91 Å². The van der Waals surface area contributed by atoms with Crippen molar-refractivity contribution in [3.8, 4) is 28.8 Å². The van der Waals surface area contributed by atoms with Crippen LogP contribution in [0.3, 0.4) is 0 Å². The average molecular weight is 580 g/mol. The van der Waals surface area contributed by atoms with Gasteiger partial charge in [-0.2, -0.15) is 13.7 Å². The highest BCUT2D eigenvalue weighted by atomic mass is 35.5. The summed E-state index contributed by atoms with van der Waals surface area (Å²) >= 11 is 7.63. The van der Waals surface area contributed by atoms with Gasteiger partial charge in [0.15, 0.2) is 10.9 Å². The fourth-order valence-electron chi connectivity index (χ4n) is 3.43. The summed E-state index contributed by atoms with van der Waals surface area (Å²) < 4.78 is 36.6. The molecular formula is C28H22ClN3O5S2. The smallest absolute Gasteiger partial charge is 0.339 e. The van der Waals surface area contributed by atoms with E-state index in [1.54, 1.807) is 24.4 Å². The van der Waals surface area contributed by atoms with Gasteiger partial charge in [0.1, 0.15) is 16.5 Å². The first kappa shape index (κ1) is 27.9. The number of thiazole rings is 1. The van der Waals surface area contributed by atoms with Crippen LogP contribution in [0.5, 0.6) is 11.5 Å². The van der Waals surface area contributed by atoms with Gasteiger partial charge in [-0.1, -0.05) is 59.6 Å². The monoisotopic (exact) mass is 579 g/mol. The van der Waals surface area contributed by atoms with Crippen molar-refractivity contribution in [2.45, 2.75) is 18.7 Å². The Morgan fingerprint density at radius 3 is 2.54 bits per heavy atom. The molecule has 0 spiro atoms. The Morgan fingerprint density at radius 1 is 1.15 bits per heavy atom. The minimum atomic E-state index is -4.20. The molecule has 198 valence electrons. The van der Waals surface area contributed by atoms with Crippen LogP contribution in [-0.4, -0.2) is 25.9 Å². The molecule has 0 atom stereocenters. The zero-order valence-electron chi connectivity index (χ0n) is 20.8. The van der Waals surface area contributed by atoms with E-state index in [9.17, 15) is 18.5 Å². The second-order valence-electron chi connectivity index (χ2n) is 8.14. The average Bonchev–Trinajstić information content (AvgIpc) is 3.38. The lowest BCUT2D eigenvalue weighted by molar-refractivity contribution is -0.112. The number of hydrogen-bond acceptors (Lipinski definition) is 8. The largest absolute Gasteiger partial charge is 0.490 e. The van der Waals surface area contributed by atoms with E-state index in [2.05, 4.69) is 10.3 Å². The van der Waals surface area contributed by atoms with Gasteiger partial charge in [-0.05, 0) is 49.8 Å². The minimum absolute atomic E-state index is 0.0389. The summed E-state index contributed by atoms with van der Waals surface area (Å²) in [6.07, 6.45) is 1.31. The Kier molecular flexibility index (Phi) is 8.66. The van der Waals surface area contributed by atoms with Crippen molar-refractivity contribution >= 4 is 50.2 Å². The van der Waals surface area contributed by atoms with Gasteiger partial charge >= 0.3 is 10.1 Å². The Hall–Kier alpha value is -4.17. The number of halogens is 1. The fraction of sp³-hybridized carbons (Fsp3) is 0.107. The Morgan fingerprint density at radius 2 is 1.87 bits per heavy atom. The number of aryl methyl sites for hydroxylation is 1. The third-order valence-electron chi connectivity index (χ3n) is 5.30.